The number of hydrogen-bond acceptors (Lipinski definition) is 8. The van der Waals surface area contributed by atoms with Crippen molar-refractivity contribution >= 4 is 23.9 Å². The van der Waals surface area contributed by atoms with E-state index in [0.29, 0.717) is 33.8 Å². The van der Waals surface area contributed by atoms with Gasteiger partial charge in [-0.05, 0) is 157 Å². The molecule has 0 fully saturated rings. The Bertz CT molecular complexity index is 3050. The lowest BCUT2D eigenvalue weighted by atomic mass is 10.00. The van der Waals surface area contributed by atoms with Gasteiger partial charge in [-0.15, -0.1) is 0 Å². The van der Waals surface area contributed by atoms with Gasteiger partial charge in [0.2, 0.25) is 0 Å². The third-order valence-corrected chi connectivity index (χ3v) is 17.9. The molecule has 0 saturated carbocycles. The smallest absolute Gasteiger partial charge is 0.343 e. The first-order valence-electron chi connectivity index (χ1n) is 35.7. The summed E-state index contributed by atoms with van der Waals surface area (Å²) >= 11 is 0. The van der Waals surface area contributed by atoms with E-state index in [1.165, 1.54) is 223 Å². The Labute approximate surface area is 552 Å². The molecule has 0 atom stereocenters. The molecule has 92 heavy (non-hydrogen) atoms. The molecule has 7 aromatic carbocycles. The molecule has 0 N–H and O–H groups in total. The topological polar surface area (TPSA) is 105 Å². The molecule has 0 saturated heterocycles. The summed E-state index contributed by atoms with van der Waals surface area (Å²) in [6, 6.07) is 48.0. The monoisotopic (exact) mass is 1240 g/mol. The van der Waals surface area contributed by atoms with Crippen molar-refractivity contribution in [3.63, 3.8) is 0 Å². The number of hydrogen-bond donors (Lipinski definition) is 0. The van der Waals surface area contributed by atoms with Crippen LogP contribution < -0.4 is 18.9 Å². The molecule has 0 bridgehead atoms. The van der Waals surface area contributed by atoms with Gasteiger partial charge < -0.3 is 18.9 Å². The summed E-state index contributed by atoms with van der Waals surface area (Å²) in [4.78, 5) is 53.3. The van der Waals surface area contributed by atoms with Crippen LogP contribution in [0.4, 0.5) is 0 Å². The van der Waals surface area contributed by atoms with Crippen LogP contribution in [0.2, 0.25) is 0 Å². The fraction of sp³-hybridized carbons (Fsp3) is 0.452. The van der Waals surface area contributed by atoms with Crippen molar-refractivity contribution in [2.75, 3.05) is 0 Å². The maximum absolute atomic E-state index is 13.4. The number of aryl methyl sites for hydroxylation is 4. The quantitative estimate of drug-likeness (QED) is 0.0211. The Morgan fingerprint density at radius 1 is 0.261 bits per heavy atom. The zero-order chi connectivity index (χ0) is 64.8. The standard InChI is InChI=1S/C84H106O8/c1-5-7-9-11-13-15-17-19-21-23-25-27-29-31-33-35-38-67-42-46-69(47-43-67)71-50-54-73(55-51-71)81(85)89-77-58-60-79(65(3)62-77)83(87)91-75-40-37-41-76(64-75)92-84(88)80-61-59-78(63-66(80)4)90-82(86)74-56-52-72(53-57-74)70-48-44-68(45-49-70)39-36-34-32-30-28-26-24-22-20-18-16-14-12-10-8-6-2/h37,40-64H,5-36,38-39H2,1-4H3. The molecule has 0 aromatic heterocycles. The summed E-state index contributed by atoms with van der Waals surface area (Å²) in [6.45, 7) is 8.04. The molecule has 7 aromatic rings. The second-order valence-corrected chi connectivity index (χ2v) is 25.6. The minimum absolute atomic E-state index is 0.168. The third kappa shape index (κ3) is 26.2. The Morgan fingerprint density at radius 3 is 0.793 bits per heavy atom. The molecule has 8 heteroatoms. The van der Waals surface area contributed by atoms with Crippen LogP contribution in [0.25, 0.3) is 22.3 Å². The fourth-order valence-electron chi connectivity index (χ4n) is 12.2. The van der Waals surface area contributed by atoms with E-state index >= 15 is 0 Å². The van der Waals surface area contributed by atoms with Gasteiger partial charge in [-0.1, -0.05) is 285 Å². The molecular weight excluding hydrogens is 1140 g/mol. The van der Waals surface area contributed by atoms with Gasteiger partial charge in [-0.3, -0.25) is 0 Å². The van der Waals surface area contributed by atoms with Crippen molar-refractivity contribution in [2.45, 2.75) is 246 Å². The second-order valence-electron chi connectivity index (χ2n) is 25.6. The Hall–Kier alpha value is -7.58. The Kier molecular flexibility index (Phi) is 32.7. The molecule has 8 nitrogen and oxygen atoms in total. The van der Waals surface area contributed by atoms with Gasteiger partial charge in [-0.25, -0.2) is 19.2 Å². The molecule has 0 aliphatic carbocycles. The van der Waals surface area contributed by atoms with Crippen LogP contribution in [0, 0.1) is 13.8 Å². The van der Waals surface area contributed by atoms with Crippen LogP contribution in [0.5, 0.6) is 23.0 Å². The lowest BCUT2D eigenvalue weighted by molar-refractivity contribution is 0.0722. The maximum Gasteiger partial charge on any atom is 0.343 e. The first-order valence-corrected chi connectivity index (χ1v) is 35.7. The van der Waals surface area contributed by atoms with Gasteiger partial charge in [-0.2, -0.15) is 0 Å². The predicted octanol–water partition coefficient (Wildman–Crippen LogP) is 24.1. The molecule has 490 valence electrons. The second kappa shape index (κ2) is 41.8. The first kappa shape index (κ1) is 71.9. The minimum Gasteiger partial charge on any atom is -0.423 e. The molecule has 0 amide bonds. The van der Waals surface area contributed by atoms with Crippen molar-refractivity contribution in [3.8, 4) is 45.3 Å². The third-order valence-electron chi connectivity index (χ3n) is 17.9. The Balaban J connectivity index is 0.763. The highest BCUT2D eigenvalue weighted by Gasteiger charge is 2.19. The lowest BCUT2D eigenvalue weighted by Gasteiger charge is -2.11. The number of unbranched alkanes of at least 4 members (excludes halogenated alkanes) is 30. The van der Waals surface area contributed by atoms with E-state index < -0.39 is 23.9 Å². The van der Waals surface area contributed by atoms with Crippen LogP contribution in [0.15, 0.2) is 158 Å². The fourth-order valence-corrected chi connectivity index (χ4v) is 12.2. The minimum atomic E-state index is -0.634. The molecular formula is C84H106O8. The maximum atomic E-state index is 13.4. The van der Waals surface area contributed by atoms with Crippen LogP contribution in [-0.2, 0) is 12.8 Å². The van der Waals surface area contributed by atoms with Crippen LogP contribution in [-0.4, -0.2) is 23.9 Å². The van der Waals surface area contributed by atoms with Gasteiger partial charge in [0, 0.05) is 6.07 Å². The zero-order valence-corrected chi connectivity index (χ0v) is 56.3. The van der Waals surface area contributed by atoms with E-state index in [1.54, 1.807) is 92.7 Å². The Morgan fingerprint density at radius 2 is 0.511 bits per heavy atom. The summed E-state index contributed by atoms with van der Waals surface area (Å²) in [5.41, 5.74) is 9.39. The van der Waals surface area contributed by atoms with Crippen molar-refractivity contribution in [2.24, 2.45) is 0 Å². The first-order chi connectivity index (χ1) is 45.1. The van der Waals surface area contributed by atoms with Gasteiger partial charge in [0.05, 0.1) is 22.3 Å². The van der Waals surface area contributed by atoms with E-state index in [2.05, 4.69) is 62.4 Å². The molecule has 0 aliphatic rings. The number of esters is 4. The van der Waals surface area contributed by atoms with Gasteiger partial charge in [0.1, 0.15) is 23.0 Å². The predicted molar refractivity (Wildman–Crippen MR) is 379 cm³/mol. The highest BCUT2D eigenvalue weighted by atomic mass is 16.6. The van der Waals surface area contributed by atoms with Crippen LogP contribution >= 0.6 is 0 Å². The van der Waals surface area contributed by atoms with E-state index in [0.717, 1.165) is 35.1 Å². The van der Waals surface area contributed by atoms with Gasteiger partial charge in [0.15, 0.2) is 0 Å². The number of carbonyl (C=O) groups is 4. The zero-order valence-electron chi connectivity index (χ0n) is 56.3. The largest absolute Gasteiger partial charge is 0.423 e. The van der Waals surface area contributed by atoms with Crippen molar-refractivity contribution < 1.29 is 38.1 Å². The van der Waals surface area contributed by atoms with Crippen LogP contribution in [0.3, 0.4) is 0 Å². The number of benzene rings is 7. The average molecular weight is 1240 g/mol. The molecule has 0 radical (unpaired) electrons. The van der Waals surface area contributed by atoms with Crippen LogP contribution in [0.1, 0.15) is 283 Å². The number of ether oxygens (including phenoxy) is 4. The molecule has 0 spiro atoms. The lowest BCUT2D eigenvalue weighted by Crippen LogP contribution is -2.13. The summed E-state index contributed by atoms with van der Waals surface area (Å²) < 4.78 is 22.9. The van der Waals surface area contributed by atoms with Crippen molar-refractivity contribution in [1.82, 2.24) is 0 Å². The van der Waals surface area contributed by atoms with Crippen molar-refractivity contribution in [3.05, 3.63) is 202 Å². The normalized spacial score (nSPS) is 11.2. The van der Waals surface area contributed by atoms with E-state index in [9.17, 15) is 19.2 Å². The average Bonchev–Trinajstić information content (AvgIpc) is 1.11. The van der Waals surface area contributed by atoms with Gasteiger partial charge >= 0.3 is 23.9 Å². The van der Waals surface area contributed by atoms with E-state index in [4.69, 9.17) is 18.9 Å². The van der Waals surface area contributed by atoms with E-state index in [-0.39, 0.29) is 22.6 Å². The van der Waals surface area contributed by atoms with Crippen molar-refractivity contribution in [1.29, 1.82) is 0 Å². The number of carbonyl (C=O) groups excluding carboxylic acids is 4. The number of rotatable bonds is 44. The van der Waals surface area contributed by atoms with E-state index in [1.807, 2.05) is 24.3 Å². The van der Waals surface area contributed by atoms with Gasteiger partial charge in [0.25, 0.3) is 0 Å². The summed E-state index contributed by atoms with van der Waals surface area (Å²) in [5, 5.41) is 0. The SMILES string of the molecule is CCCCCCCCCCCCCCCCCCc1ccc(-c2ccc(C(=O)Oc3ccc(C(=O)Oc4cccc(OC(=O)c5ccc(OC(=O)c6ccc(-c7ccc(CCCCCCCCCCCCCCCCCC)cc7)cc6)cc5C)c4)c(C)c3)cc2)cc1. The summed E-state index contributed by atoms with van der Waals surface area (Å²) in [5.74, 6) is -1.37. The highest BCUT2D eigenvalue weighted by molar-refractivity contribution is 5.95. The molecule has 0 heterocycles. The summed E-state index contributed by atoms with van der Waals surface area (Å²) in [7, 11) is 0. The summed E-state index contributed by atoms with van der Waals surface area (Å²) in [6.07, 6.45) is 46.1. The molecule has 0 aliphatic heterocycles. The molecule has 7 rings (SSSR count). The highest BCUT2D eigenvalue weighted by Crippen LogP contribution is 2.29. The molecule has 0 unspecified atom stereocenters.